The number of halogens is 1. The van der Waals surface area contributed by atoms with Crippen molar-refractivity contribution in [2.45, 2.75) is 32.1 Å². The lowest BCUT2D eigenvalue weighted by atomic mass is 9.94. The van der Waals surface area contributed by atoms with Crippen LogP contribution in [0.25, 0.3) is 0 Å². The third kappa shape index (κ3) is 4.42. The first-order valence-electron chi connectivity index (χ1n) is 9.34. The Bertz CT molecular complexity index is 964. The van der Waals surface area contributed by atoms with Gasteiger partial charge in [0.15, 0.2) is 0 Å². The first kappa shape index (κ1) is 20.5. The van der Waals surface area contributed by atoms with Crippen LogP contribution in [-0.4, -0.2) is 31.7 Å². The Morgan fingerprint density at radius 2 is 1.68 bits per heavy atom. The molecule has 0 spiro atoms. The minimum Gasteiger partial charge on any atom is -0.322 e. The predicted octanol–water partition coefficient (Wildman–Crippen LogP) is 4.05. The highest BCUT2D eigenvalue weighted by Crippen LogP contribution is 2.27. The third-order valence-corrected chi connectivity index (χ3v) is 6.88. The number of carbonyl (C=O) groups is 1. The number of amides is 1. The summed E-state index contributed by atoms with van der Waals surface area (Å²) in [5.41, 5.74) is 1.35. The molecule has 1 heterocycles. The van der Waals surface area contributed by atoms with Crippen molar-refractivity contribution in [3.05, 3.63) is 59.4 Å². The molecule has 1 N–H and O–H groups in total. The average molecular weight is 405 g/mol. The number of rotatable bonds is 4. The summed E-state index contributed by atoms with van der Waals surface area (Å²) in [7, 11) is -3.57. The summed E-state index contributed by atoms with van der Waals surface area (Å²) in [6, 6.07) is 10.1. The van der Waals surface area contributed by atoms with Gasteiger partial charge in [-0.2, -0.15) is 4.31 Å². The lowest BCUT2D eigenvalue weighted by Crippen LogP contribution is -2.42. The lowest BCUT2D eigenvalue weighted by molar-refractivity contribution is 0.102. The number of sulfonamides is 1. The molecule has 0 aromatic heterocycles. The van der Waals surface area contributed by atoms with E-state index >= 15 is 0 Å². The fourth-order valence-electron chi connectivity index (χ4n) is 3.70. The summed E-state index contributed by atoms with van der Waals surface area (Å²) in [5.74, 6) is -0.272. The molecular formula is C21H25FN2O3S. The number of piperidine rings is 1. The number of hydrogen-bond donors (Lipinski definition) is 1. The van der Waals surface area contributed by atoms with Crippen molar-refractivity contribution in [2.24, 2.45) is 11.8 Å². The molecule has 5 nitrogen and oxygen atoms in total. The second kappa shape index (κ2) is 8.01. The van der Waals surface area contributed by atoms with Gasteiger partial charge in [-0.1, -0.05) is 19.9 Å². The summed E-state index contributed by atoms with van der Waals surface area (Å²) in [4.78, 5) is 12.6. The summed E-state index contributed by atoms with van der Waals surface area (Å²) >= 11 is 0. The van der Waals surface area contributed by atoms with Gasteiger partial charge in [-0.25, -0.2) is 12.8 Å². The molecule has 2 unspecified atom stereocenters. The molecule has 1 aliphatic rings. The molecule has 2 aromatic carbocycles. The van der Waals surface area contributed by atoms with Crippen molar-refractivity contribution >= 4 is 21.6 Å². The van der Waals surface area contributed by atoms with E-state index in [0.29, 0.717) is 36.2 Å². The Kier molecular flexibility index (Phi) is 5.86. The van der Waals surface area contributed by atoms with Gasteiger partial charge in [0.1, 0.15) is 5.82 Å². The maximum absolute atomic E-state index is 13.4. The normalized spacial score (nSPS) is 20.7. The van der Waals surface area contributed by atoms with E-state index in [1.54, 1.807) is 25.1 Å². The number of nitrogens with one attached hydrogen (secondary N) is 1. The van der Waals surface area contributed by atoms with Gasteiger partial charge < -0.3 is 5.32 Å². The number of carbonyl (C=O) groups excluding carboxylic acids is 1. The fraction of sp³-hybridized carbons (Fsp3) is 0.381. The van der Waals surface area contributed by atoms with E-state index < -0.39 is 21.7 Å². The second-order valence-electron chi connectivity index (χ2n) is 7.71. The van der Waals surface area contributed by atoms with Crippen LogP contribution >= 0.6 is 0 Å². The molecular weight excluding hydrogens is 379 g/mol. The van der Waals surface area contributed by atoms with E-state index in [1.807, 2.05) is 0 Å². The highest BCUT2D eigenvalue weighted by atomic mass is 32.2. The molecule has 7 heteroatoms. The SMILES string of the molecule is Cc1ccc(F)cc1C(=O)Nc1ccc(S(=O)(=O)N2CC(C)CC(C)C2)cc1. The summed E-state index contributed by atoms with van der Waals surface area (Å²) < 4.78 is 40.8. The minimum atomic E-state index is -3.57. The second-order valence-corrected chi connectivity index (χ2v) is 9.64. The smallest absolute Gasteiger partial charge is 0.256 e. The number of aryl methyl sites for hydroxylation is 1. The zero-order valence-corrected chi connectivity index (χ0v) is 17.1. The van der Waals surface area contributed by atoms with Gasteiger partial charge in [0.25, 0.3) is 5.91 Å². The maximum Gasteiger partial charge on any atom is 0.256 e. The average Bonchev–Trinajstić information content (AvgIpc) is 2.63. The van der Waals surface area contributed by atoms with Crippen molar-refractivity contribution < 1.29 is 17.6 Å². The molecule has 1 fully saturated rings. The topological polar surface area (TPSA) is 66.5 Å². The zero-order valence-electron chi connectivity index (χ0n) is 16.3. The van der Waals surface area contributed by atoms with Crippen molar-refractivity contribution in [3.8, 4) is 0 Å². The molecule has 3 rings (SSSR count). The molecule has 2 atom stereocenters. The Morgan fingerprint density at radius 3 is 2.29 bits per heavy atom. The van der Waals surface area contributed by atoms with Gasteiger partial charge in [-0.15, -0.1) is 0 Å². The standard InChI is InChI=1S/C21H25FN2O3S/c1-14-10-15(2)13-24(12-14)28(26,27)19-8-6-18(7-9-19)23-21(25)20-11-17(22)5-4-16(20)3/h4-9,11,14-15H,10,12-13H2,1-3H3,(H,23,25). The van der Waals surface area contributed by atoms with Gasteiger partial charge >= 0.3 is 0 Å². The maximum atomic E-state index is 13.4. The summed E-state index contributed by atoms with van der Waals surface area (Å²) in [6.07, 6.45) is 1.02. The molecule has 0 saturated carbocycles. The van der Waals surface area contributed by atoms with E-state index in [2.05, 4.69) is 19.2 Å². The molecule has 1 saturated heterocycles. The molecule has 28 heavy (non-hydrogen) atoms. The highest BCUT2D eigenvalue weighted by Gasteiger charge is 2.31. The Balaban J connectivity index is 1.76. The van der Waals surface area contributed by atoms with Crippen LogP contribution in [-0.2, 0) is 10.0 Å². The van der Waals surface area contributed by atoms with E-state index in [4.69, 9.17) is 0 Å². The Hall–Kier alpha value is -2.25. The molecule has 0 aliphatic carbocycles. The first-order chi connectivity index (χ1) is 13.2. The number of nitrogens with zero attached hydrogens (tertiary/aromatic N) is 1. The van der Waals surface area contributed by atoms with Crippen LogP contribution in [0.1, 0.15) is 36.2 Å². The third-order valence-electron chi connectivity index (χ3n) is 5.03. The fourth-order valence-corrected chi connectivity index (χ4v) is 5.38. The van der Waals surface area contributed by atoms with Crippen molar-refractivity contribution in [1.82, 2.24) is 4.31 Å². The predicted molar refractivity (Wildman–Crippen MR) is 107 cm³/mol. The van der Waals surface area contributed by atoms with Crippen LogP contribution in [0.4, 0.5) is 10.1 Å². The molecule has 2 aromatic rings. The van der Waals surface area contributed by atoms with Gasteiger partial charge in [0, 0.05) is 24.3 Å². The monoisotopic (exact) mass is 404 g/mol. The molecule has 1 amide bonds. The van der Waals surface area contributed by atoms with Crippen molar-refractivity contribution in [3.63, 3.8) is 0 Å². The summed E-state index contributed by atoms with van der Waals surface area (Å²) in [5, 5.41) is 2.68. The van der Waals surface area contributed by atoms with E-state index in [1.165, 1.54) is 28.6 Å². The number of benzene rings is 2. The zero-order chi connectivity index (χ0) is 20.5. The van der Waals surface area contributed by atoms with Gasteiger partial charge in [0.05, 0.1) is 4.90 Å². The lowest BCUT2D eigenvalue weighted by Gasteiger charge is -2.34. The molecule has 1 aliphatic heterocycles. The largest absolute Gasteiger partial charge is 0.322 e. The molecule has 0 bridgehead atoms. The van der Waals surface area contributed by atoms with E-state index in [9.17, 15) is 17.6 Å². The quantitative estimate of drug-likeness (QED) is 0.836. The van der Waals surface area contributed by atoms with Crippen molar-refractivity contribution in [2.75, 3.05) is 18.4 Å². The number of hydrogen-bond acceptors (Lipinski definition) is 3. The van der Waals surface area contributed by atoms with Gasteiger partial charge in [0.2, 0.25) is 10.0 Å². The van der Waals surface area contributed by atoms with E-state index in [0.717, 1.165) is 6.42 Å². The molecule has 0 radical (unpaired) electrons. The Morgan fingerprint density at radius 1 is 1.07 bits per heavy atom. The van der Waals surface area contributed by atoms with Crippen LogP contribution in [0.3, 0.4) is 0 Å². The van der Waals surface area contributed by atoms with Crippen LogP contribution in [0.2, 0.25) is 0 Å². The minimum absolute atomic E-state index is 0.203. The van der Waals surface area contributed by atoms with Crippen LogP contribution < -0.4 is 5.32 Å². The van der Waals surface area contributed by atoms with Gasteiger partial charge in [-0.05, 0) is 67.1 Å². The van der Waals surface area contributed by atoms with Crippen LogP contribution in [0, 0.1) is 24.6 Å². The van der Waals surface area contributed by atoms with Crippen LogP contribution in [0.5, 0.6) is 0 Å². The first-order valence-corrected chi connectivity index (χ1v) is 10.8. The summed E-state index contributed by atoms with van der Waals surface area (Å²) in [6.45, 7) is 6.88. The van der Waals surface area contributed by atoms with E-state index in [-0.39, 0.29) is 10.5 Å². The number of anilines is 1. The Labute approximate surface area is 165 Å². The van der Waals surface area contributed by atoms with Gasteiger partial charge in [-0.3, -0.25) is 4.79 Å². The molecule has 150 valence electrons. The van der Waals surface area contributed by atoms with Crippen LogP contribution in [0.15, 0.2) is 47.4 Å². The highest BCUT2D eigenvalue weighted by molar-refractivity contribution is 7.89. The van der Waals surface area contributed by atoms with Crippen molar-refractivity contribution in [1.29, 1.82) is 0 Å².